The fourth-order valence-electron chi connectivity index (χ4n) is 6.10. The van der Waals surface area contributed by atoms with E-state index in [-0.39, 0.29) is 10.8 Å². The highest BCUT2D eigenvalue weighted by molar-refractivity contribution is 6.14. The Morgan fingerprint density at radius 1 is 0.811 bits per heavy atom. The quantitative estimate of drug-likeness (QED) is 0.180. The van der Waals surface area contributed by atoms with Crippen LogP contribution < -0.4 is 9.30 Å². The van der Waals surface area contributed by atoms with Crippen LogP contribution in [0.1, 0.15) is 58.2 Å². The summed E-state index contributed by atoms with van der Waals surface area (Å²) in [7, 11) is 2.14. The summed E-state index contributed by atoms with van der Waals surface area (Å²) < 4.78 is 9.12. The lowest BCUT2D eigenvalue weighted by molar-refractivity contribution is -0.659. The van der Waals surface area contributed by atoms with E-state index in [0.29, 0.717) is 0 Å². The van der Waals surface area contributed by atoms with Crippen molar-refractivity contribution in [2.45, 2.75) is 61.3 Å². The van der Waals surface area contributed by atoms with Crippen molar-refractivity contribution in [3.8, 4) is 22.9 Å². The summed E-state index contributed by atoms with van der Waals surface area (Å²) in [6.45, 7) is 16.0. The molecule has 3 nitrogen and oxygen atoms in total. The van der Waals surface area contributed by atoms with Crippen molar-refractivity contribution in [2.75, 3.05) is 0 Å². The zero-order valence-corrected chi connectivity index (χ0v) is 23.4. The molecule has 0 fully saturated rings. The minimum Gasteiger partial charge on any atom is -0.437 e. The predicted molar refractivity (Wildman–Crippen MR) is 154 cm³/mol. The summed E-state index contributed by atoms with van der Waals surface area (Å²) in [5.74, 6) is 1.69. The molecule has 0 amide bonds. The van der Waals surface area contributed by atoms with E-state index in [1.165, 1.54) is 49.5 Å². The van der Waals surface area contributed by atoms with Gasteiger partial charge in [0.15, 0.2) is 6.20 Å². The lowest BCUT2D eigenvalue weighted by Crippen LogP contribution is -2.32. The normalized spacial score (nSPS) is 13.3. The average Bonchev–Trinajstić information content (AvgIpc) is 2.81. The zero-order valence-electron chi connectivity index (χ0n) is 23.4. The number of nitrogens with zero attached hydrogens (tertiary/aromatic N) is 2. The molecule has 3 heteroatoms. The van der Waals surface area contributed by atoms with E-state index in [9.17, 15) is 0 Å². The smallest absolute Gasteiger partial charge is 0.234 e. The van der Waals surface area contributed by atoms with Crippen molar-refractivity contribution in [3.63, 3.8) is 0 Å². The Hall–Kier alpha value is -3.46. The summed E-state index contributed by atoms with van der Waals surface area (Å²) >= 11 is 0. The van der Waals surface area contributed by atoms with E-state index >= 15 is 0 Å². The molecule has 0 N–H and O–H groups in total. The number of rotatable bonds is 2. The number of hydrogen-bond acceptors (Lipinski definition) is 2. The topological polar surface area (TPSA) is 26.0 Å². The number of aromatic nitrogens is 2. The van der Waals surface area contributed by atoms with Crippen LogP contribution in [0.4, 0.5) is 0 Å². The van der Waals surface area contributed by atoms with Crippen LogP contribution in [0.25, 0.3) is 43.7 Å². The van der Waals surface area contributed by atoms with Gasteiger partial charge < -0.3 is 4.74 Å². The third kappa shape index (κ3) is 3.96. The molecule has 1 aliphatic rings. The summed E-state index contributed by atoms with van der Waals surface area (Å²) in [5, 5.41) is 6.09. The molecule has 0 bridgehead atoms. The molecule has 3 aromatic carbocycles. The predicted octanol–water partition coefficient (Wildman–Crippen LogP) is 8.62. The summed E-state index contributed by atoms with van der Waals surface area (Å²) in [5.41, 5.74) is 7.60. The van der Waals surface area contributed by atoms with Gasteiger partial charge in [-0.2, -0.15) is 0 Å². The zero-order chi connectivity index (χ0) is 26.3. The van der Waals surface area contributed by atoms with Crippen LogP contribution in [-0.4, -0.2) is 4.98 Å². The van der Waals surface area contributed by atoms with Gasteiger partial charge in [-0.25, -0.2) is 9.55 Å². The summed E-state index contributed by atoms with van der Waals surface area (Å²) in [4.78, 5) is 5.12. The molecule has 5 aromatic rings. The monoisotopic (exact) mass is 489 g/mol. The number of aryl methyl sites for hydroxylation is 2. The second-order valence-electron chi connectivity index (χ2n) is 13.3. The molecular weight excluding hydrogens is 452 g/mol. The van der Waals surface area contributed by atoms with Gasteiger partial charge in [-0.3, -0.25) is 0 Å². The minimum atomic E-state index is 0.115. The summed E-state index contributed by atoms with van der Waals surface area (Å²) in [6.07, 6.45) is 4.15. The molecule has 3 heterocycles. The fourth-order valence-corrected chi connectivity index (χ4v) is 6.10. The maximum atomic E-state index is 6.86. The molecule has 0 unspecified atom stereocenters. The third-order valence-corrected chi connectivity index (χ3v) is 7.52. The number of ether oxygens (including phenoxy) is 1. The van der Waals surface area contributed by atoms with Crippen LogP contribution in [0.15, 0.2) is 54.7 Å². The molecule has 1 aliphatic heterocycles. The van der Waals surface area contributed by atoms with Gasteiger partial charge in [-0.05, 0) is 64.6 Å². The largest absolute Gasteiger partial charge is 0.437 e. The van der Waals surface area contributed by atoms with Crippen molar-refractivity contribution < 1.29 is 9.30 Å². The lowest BCUT2D eigenvalue weighted by Gasteiger charge is -2.27. The van der Waals surface area contributed by atoms with E-state index in [0.717, 1.165) is 35.4 Å². The molecule has 6 rings (SSSR count). The van der Waals surface area contributed by atoms with Gasteiger partial charge in [0.25, 0.3) is 0 Å². The second kappa shape index (κ2) is 8.02. The Bertz CT molecular complexity index is 1730. The second-order valence-corrected chi connectivity index (χ2v) is 13.3. The molecule has 0 saturated heterocycles. The van der Waals surface area contributed by atoms with Crippen LogP contribution >= 0.6 is 0 Å². The molecule has 188 valence electrons. The standard InChI is InChI=1S/C34H37N2O/c1-20-22-11-9-10-12-23(22)26(19-34(5,6)7)31-28(20)30-29-24(15-16-36(30)8)25-17-21(18-33(2,3)4)13-14-27(25)35-32(29)37-31/h9-17H,18-19H2,1-8H3/q+1. The summed E-state index contributed by atoms with van der Waals surface area (Å²) in [6, 6.07) is 17.7. The minimum absolute atomic E-state index is 0.115. The van der Waals surface area contributed by atoms with Gasteiger partial charge in [0.05, 0.1) is 11.1 Å². The van der Waals surface area contributed by atoms with Crippen molar-refractivity contribution in [3.05, 3.63) is 71.4 Å². The van der Waals surface area contributed by atoms with Gasteiger partial charge in [0, 0.05) is 22.4 Å². The first-order valence-corrected chi connectivity index (χ1v) is 13.4. The molecule has 0 radical (unpaired) electrons. The molecule has 0 atom stereocenters. The van der Waals surface area contributed by atoms with Gasteiger partial charge in [0.2, 0.25) is 11.6 Å². The number of hydrogen-bond donors (Lipinski definition) is 0. The van der Waals surface area contributed by atoms with E-state index in [1.807, 2.05) is 0 Å². The molecule has 0 saturated carbocycles. The third-order valence-electron chi connectivity index (χ3n) is 7.52. The van der Waals surface area contributed by atoms with Crippen LogP contribution in [0.3, 0.4) is 0 Å². The van der Waals surface area contributed by atoms with Crippen LogP contribution in [-0.2, 0) is 19.9 Å². The van der Waals surface area contributed by atoms with E-state index < -0.39 is 0 Å². The lowest BCUT2D eigenvalue weighted by atomic mass is 9.82. The Kier molecular flexibility index (Phi) is 5.18. The van der Waals surface area contributed by atoms with Crippen LogP contribution in [0, 0.1) is 17.8 Å². The van der Waals surface area contributed by atoms with Crippen LogP contribution in [0.5, 0.6) is 11.6 Å². The highest BCUT2D eigenvalue weighted by Crippen LogP contribution is 2.51. The molecular formula is C34H37N2O+. The first-order valence-electron chi connectivity index (χ1n) is 13.4. The van der Waals surface area contributed by atoms with E-state index in [4.69, 9.17) is 9.72 Å². The van der Waals surface area contributed by atoms with Gasteiger partial charge in [-0.1, -0.05) is 71.9 Å². The highest BCUT2D eigenvalue weighted by Gasteiger charge is 2.35. The molecule has 0 spiro atoms. The SMILES string of the molecule is Cc1c2c(c(CC(C)(C)C)c3ccccc13)Oc1nc3ccc(CC(C)(C)C)cc3c3cc[n+](C)c-2c13. The number of fused-ring (bicyclic) bond motifs is 5. The van der Waals surface area contributed by atoms with Gasteiger partial charge in [0.1, 0.15) is 18.2 Å². The molecule has 0 aliphatic carbocycles. The Labute approximate surface area is 220 Å². The van der Waals surface area contributed by atoms with Crippen molar-refractivity contribution in [2.24, 2.45) is 17.9 Å². The Balaban J connectivity index is 1.72. The fraction of sp³-hybridized carbons (Fsp3) is 0.353. The maximum Gasteiger partial charge on any atom is 0.234 e. The highest BCUT2D eigenvalue weighted by atomic mass is 16.5. The Morgan fingerprint density at radius 3 is 2.22 bits per heavy atom. The molecule has 37 heavy (non-hydrogen) atoms. The van der Waals surface area contributed by atoms with Crippen molar-refractivity contribution in [1.82, 2.24) is 4.98 Å². The molecule has 2 aromatic heterocycles. The number of benzene rings is 3. The number of pyridine rings is 2. The van der Waals surface area contributed by atoms with Crippen LogP contribution in [0.2, 0.25) is 0 Å². The first kappa shape index (κ1) is 23.9. The Morgan fingerprint density at radius 2 is 1.51 bits per heavy atom. The van der Waals surface area contributed by atoms with Crippen molar-refractivity contribution in [1.29, 1.82) is 0 Å². The van der Waals surface area contributed by atoms with Gasteiger partial charge in [-0.15, -0.1) is 0 Å². The van der Waals surface area contributed by atoms with Crippen molar-refractivity contribution >= 4 is 32.4 Å². The maximum absolute atomic E-state index is 6.86. The van der Waals surface area contributed by atoms with Gasteiger partial charge >= 0.3 is 0 Å². The average molecular weight is 490 g/mol. The van der Waals surface area contributed by atoms with E-state index in [2.05, 4.69) is 115 Å². The van der Waals surface area contributed by atoms with E-state index in [1.54, 1.807) is 0 Å². The first-order chi connectivity index (χ1) is 17.4.